The predicted octanol–water partition coefficient (Wildman–Crippen LogP) is 5.38. The van der Waals surface area contributed by atoms with Crippen molar-refractivity contribution in [1.29, 1.82) is 0 Å². The molecule has 0 fully saturated rings. The molecule has 0 atom stereocenters. The number of ketones is 1. The van der Waals surface area contributed by atoms with Crippen molar-refractivity contribution in [2.45, 2.75) is 27.3 Å². The van der Waals surface area contributed by atoms with Crippen molar-refractivity contribution in [3.05, 3.63) is 101 Å². The molecular weight excluding hydrogens is 446 g/mol. The number of Topliss-reactive ketones (excluding diaryl/α,β-unsaturated/α-hetero) is 1. The Morgan fingerprint density at radius 2 is 1.57 bits per heavy atom. The van der Waals surface area contributed by atoms with Crippen LogP contribution in [-0.2, 0) is 16.1 Å². The molecule has 7 heteroatoms. The van der Waals surface area contributed by atoms with Gasteiger partial charge in [0.15, 0.2) is 6.61 Å². The van der Waals surface area contributed by atoms with Crippen LogP contribution in [0.4, 0.5) is 0 Å². The van der Waals surface area contributed by atoms with Crippen LogP contribution in [0.1, 0.15) is 44.8 Å². The Bertz CT molecular complexity index is 1350. The SMILES string of the molecule is CC(=O)Oc1ccc(-c2ccc(C(=O)OCC(=O)c3cc(C)n(Cc4ccco4)c3C)cc2)cc1. The van der Waals surface area contributed by atoms with Gasteiger partial charge >= 0.3 is 11.9 Å². The average molecular weight is 472 g/mol. The summed E-state index contributed by atoms with van der Waals surface area (Å²) in [7, 11) is 0. The third-order valence-corrected chi connectivity index (χ3v) is 5.67. The first-order valence-corrected chi connectivity index (χ1v) is 11.1. The maximum atomic E-state index is 12.8. The quantitative estimate of drug-likeness (QED) is 0.195. The van der Waals surface area contributed by atoms with Crippen molar-refractivity contribution in [1.82, 2.24) is 4.57 Å². The van der Waals surface area contributed by atoms with Crippen molar-refractivity contribution in [2.75, 3.05) is 6.61 Å². The van der Waals surface area contributed by atoms with Gasteiger partial charge in [-0.05, 0) is 67.4 Å². The Balaban J connectivity index is 1.37. The van der Waals surface area contributed by atoms with Crippen LogP contribution in [0.5, 0.6) is 5.75 Å². The minimum Gasteiger partial charge on any atom is -0.467 e. The monoisotopic (exact) mass is 471 g/mol. The zero-order valence-corrected chi connectivity index (χ0v) is 19.7. The number of furan rings is 1. The Kier molecular flexibility index (Phi) is 6.96. The molecule has 2 aromatic carbocycles. The van der Waals surface area contributed by atoms with Crippen molar-refractivity contribution >= 4 is 17.7 Å². The summed E-state index contributed by atoms with van der Waals surface area (Å²) in [6.45, 7) is 5.31. The lowest BCUT2D eigenvalue weighted by molar-refractivity contribution is -0.131. The minimum absolute atomic E-state index is 0.262. The molecule has 2 aromatic heterocycles. The molecule has 0 bridgehead atoms. The van der Waals surface area contributed by atoms with E-state index in [4.69, 9.17) is 13.9 Å². The largest absolute Gasteiger partial charge is 0.467 e. The van der Waals surface area contributed by atoms with E-state index in [1.807, 2.05) is 42.7 Å². The van der Waals surface area contributed by atoms with Gasteiger partial charge in [0.1, 0.15) is 11.5 Å². The number of benzene rings is 2. The Hall–Kier alpha value is -4.39. The molecule has 0 aliphatic carbocycles. The number of nitrogens with zero attached hydrogens (tertiary/aromatic N) is 1. The number of aryl methyl sites for hydroxylation is 1. The second kappa shape index (κ2) is 10.3. The van der Waals surface area contributed by atoms with E-state index in [2.05, 4.69) is 0 Å². The number of rotatable bonds is 8. The molecule has 4 rings (SSSR count). The molecule has 0 saturated carbocycles. The number of ether oxygens (including phenoxy) is 2. The first-order chi connectivity index (χ1) is 16.8. The van der Waals surface area contributed by atoms with Crippen molar-refractivity contribution < 1.29 is 28.3 Å². The Morgan fingerprint density at radius 3 is 2.17 bits per heavy atom. The highest BCUT2D eigenvalue weighted by Gasteiger charge is 2.18. The zero-order chi connectivity index (χ0) is 24.9. The minimum atomic E-state index is -0.570. The Labute approximate surface area is 202 Å². The van der Waals surface area contributed by atoms with Gasteiger partial charge in [0.2, 0.25) is 5.78 Å². The van der Waals surface area contributed by atoms with Crippen LogP contribution in [0, 0.1) is 13.8 Å². The maximum Gasteiger partial charge on any atom is 0.338 e. The summed E-state index contributed by atoms with van der Waals surface area (Å²) in [5.74, 6) is 0.0471. The summed E-state index contributed by atoms with van der Waals surface area (Å²) < 4.78 is 17.7. The highest BCUT2D eigenvalue weighted by molar-refractivity contribution is 6.00. The fourth-order valence-corrected chi connectivity index (χ4v) is 3.86. The summed E-state index contributed by atoms with van der Waals surface area (Å²) in [4.78, 5) is 36.3. The second-order valence-corrected chi connectivity index (χ2v) is 8.14. The van der Waals surface area contributed by atoms with E-state index < -0.39 is 5.97 Å². The van der Waals surface area contributed by atoms with Gasteiger partial charge in [-0.1, -0.05) is 24.3 Å². The number of esters is 2. The van der Waals surface area contributed by atoms with Gasteiger partial charge in [-0.3, -0.25) is 9.59 Å². The van der Waals surface area contributed by atoms with E-state index in [-0.39, 0.29) is 18.4 Å². The lowest BCUT2D eigenvalue weighted by Gasteiger charge is -2.08. The number of hydrogen-bond acceptors (Lipinski definition) is 6. The molecule has 0 saturated heterocycles. The summed E-state index contributed by atoms with van der Waals surface area (Å²) >= 11 is 0. The van der Waals surface area contributed by atoms with E-state index in [0.717, 1.165) is 28.3 Å². The lowest BCUT2D eigenvalue weighted by Crippen LogP contribution is -2.15. The summed E-state index contributed by atoms with van der Waals surface area (Å²) in [6, 6.07) is 19.5. The van der Waals surface area contributed by atoms with E-state index in [1.54, 1.807) is 48.7 Å². The van der Waals surface area contributed by atoms with Gasteiger partial charge in [0.05, 0.1) is 18.4 Å². The molecule has 0 spiro atoms. The average Bonchev–Trinajstić information content (AvgIpc) is 3.46. The van der Waals surface area contributed by atoms with E-state index in [9.17, 15) is 14.4 Å². The van der Waals surface area contributed by atoms with E-state index in [1.165, 1.54) is 6.92 Å². The van der Waals surface area contributed by atoms with Gasteiger partial charge in [-0.2, -0.15) is 0 Å². The molecule has 0 N–H and O–H groups in total. The van der Waals surface area contributed by atoms with Crippen LogP contribution in [0.25, 0.3) is 11.1 Å². The van der Waals surface area contributed by atoms with E-state index in [0.29, 0.717) is 23.4 Å². The third kappa shape index (κ3) is 5.58. The third-order valence-electron chi connectivity index (χ3n) is 5.67. The number of hydrogen-bond donors (Lipinski definition) is 0. The fraction of sp³-hybridized carbons (Fsp3) is 0.179. The normalized spacial score (nSPS) is 10.7. The second-order valence-electron chi connectivity index (χ2n) is 8.14. The molecular formula is C28H25NO6. The molecule has 2 heterocycles. The van der Waals surface area contributed by atoms with Gasteiger partial charge < -0.3 is 18.5 Å². The molecule has 0 radical (unpaired) electrons. The van der Waals surface area contributed by atoms with Crippen LogP contribution >= 0.6 is 0 Å². The number of aromatic nitrogens is 1. The van der Waals surface area contributed by atoms with Crippen LogP contribution in [-0.4, -0.2) is 28.9 Å². The molecule has 4 aromatic rings. The van der Waals surface area contributed by atoms with Gasteiger partial charge in [0, 0.05) is 23.9 Å². The Morgan fingerprint density at radius 1 is 0.914 bits per heavy atom. The van der Waals surface area contributed by atoms with Gasteiger partial charge in [0.25, 0.3) is 0 Å². The zero-order valence-electron chi connectivity index (χ0n) is 19.7. The number of carbonyl (C=O) groups excluding carboxylic acids is 3. The van der Waals surface area contributed by atoms with Crippen molar-refractivity contribution in [3.63, 3.8) is 0 Å². The summed E-state index contributed by atoms with van der Waals surface area (Å²) in [5.41, 5.74) is 4.38. The van der Waals surface area contributed by atoms with Crippen LogP contribution in [0.3, 0.4) is 0 Å². The molecule has 0 unspecified atom stereocenters. The van der Waals surface area contributed by atoms with Crippen LogP contribution in [0.15, 0.2) is 77.4 Å². The fourth-order valence-electron chi connectivity index (χ4n) is 3.86. The summed E-state index contributed by atoms with van der Waals surface area (Å²) in [5, 5.41) is 0. The molecule has 0 amide bonds. The molecule has 7 nitrogen and oxygen atoms in total. The molecule has 35 heavy (non-hydrogen) atoms. The first kappa shape index (κ1) is 23.8. The maximum absolute atomic E-state index is 12.8. The van der Waals surface area contributed by atoms with Crippen LogP contribution in [0.2, 0.25) is 0 Å². The van der Waals surface area contributed by atoms with Gasteiger partial charge in [-0.15, -0.1) is 0 Å². The van der Waals surface area contributed by atoms with Crippen molar-refractivity contribution in [3.8, 4) is 16.9 Å². The van der Waals surface area contributed by atoms with Gasteiger partial charge in [-0.25, -0.2) is 4.79 Å². The number of carbonyl (C=O) groups is 3. The highest BCUT2D eigenvalue weighted by atomic mass is 16.5. The highest BCUT2D eigenvalue weighted by Crippen LogP contribution is 2.23. The molecule has 178 valence electrons. The van der Waals surface area contributed by atoms with Crippen molar-refractivity contribution in [2.24, 2.45) is 0 Å². The lowest BCUT2D eigenvalue weighted by atomic mass is 10.0. The standard InChI is InChI=1S/C28H25NO6/c1-18-15-26(19(2)29(18)16-25-5-4-14-33-25)27(31)17-34-28(32)23-8-6-21(7-9-23)22-10-12-24(13-11-22)35-20(3)30/h4-15H,16-17H2,1-3H3. The summed E-state index contributed by atoms with van der Waals surface area (Å²) in [6.07, 6.45) is 1.61. The van der Waals surface area contributed by atoms with Crippen LogP contribution < -0.4 is 4.74 Å². The smallest absolute Gasteiger partial charge is 0.338 e. The topological polar surface area (TPSA) is 87.7 Å². The predicted molar refractivity (Wildman–Crippen MR) is 130 cm³/mol. The molecule has 0 aliphatic rings. The first-order valence-electron chi connectivity index (χ1n) is 11.1. The van der Waals surface area contributed by atoms with E-state index >= 15 is 0 Å². The molecule has 0 aliphatic heterocycles.